The summed E-state index contributed by atoms with van der Waals surface area (Å²) in [4.78, 5) is 70.3. The maximum atomic E-state index is 15.2. The van der Waals surface area contributed by atoms with Crippen molar-refractivity contribution in [3.05, 3.63) is 141 Å². The standard InChI is InChI=1S/C40H32ClFN4O8/c41-24-5-3-23(4-6-24)40-33(37(49)45(39(40)51)43-26-9-7-25(42)8-10-26)21-32-30(35(40)22-1-15-29(16-2-22)54-20-19-47)17-18-31-34(32)38(50)44(36(31)48)27-11-13-28(14-12-27)46(52)53/h1-17,31-35,43,47H,18-21H2/t31-,32+,33-,34-,35-,40+/m0/s1. The number of nitrogens with zero attached hydrogens (tertiary/aromatic N) is 3. The van der Waals surface area contributed by atoms with E-state index in [1.165, 1.54) is 48.5 Å². The lowest BCUT2D eigenvalue weighted by Crippen LogP contribution is -2.53. The molecule has 1 saturated carbocycles. The van der Waals surface area contributed by atoms with Crippen LogP contribution in [0.25, 0.3) is 0 Å². The summed E-state index contributed by atoms with van der Waals surface area (Å²) in [7, 11) is 0. The zero-order valence-electron chi connectivity index (χ0n) is 28.4. The Morgan fingerprint density at radius 1 is 0.889 bits per heavy atom. The molecule has 4 aliphatic rings. The molecule has 8 rings (SSSR count). The van der Waals surface area contributed by atoms with Crippen molar-refractivity contribution < 1.29 is 38.3 Å². The molecule has 0 spiro atoms. The summed E-state index contributed by atoms with van der Waals surface area (Å²) < 4.78 is 19.5. The molecule has 14 heteroatoms. The SMILES string of the molecule is O=C1[C@@H]2C[C@@H]3C(=CC[C@@H]4C(=O)N(c5ccc([N+](=O)[O-])cc5)C(=O)[C@@H]43)[C@H](c3ccc(OCCO)cc3)[C@]2(c2ccc(Cl)cc2)C(=O)N1Nc1ccc(F)cc1. The molecule has 2 aliphatic heterocycles. The van der Waals surface area contributed by atoms with Crippen LogP contribution in [0.3, 0.4) is 0 Å². The molecule has 12 nitrogen and oxygen atoms in total. The summed E-state index contributed by atoms with van der Waals surface area (Å²) in [5.74, 6) is -6.22. The van der Waals surface area contributed by atoms with Gasteiger partial charge in [0.1, 0.15) is 18.2 Å². The number of nitro groups is 1. The summed E-state index contributed by atoms with van der Waals surface area (Å²) in [5, 5.41) is 22.0. The zero-order valence-corrected chi connectivity index (χ0v) is 29.2. The number of carbonyl (C=O) groups excluding carboxylic acids is 4. The lowest BCUT2D eigenvalue weighted by molar-refractivity contribution is -0.384. The Balaban J connectivity index is 1.28. The van der Waals surface area contributed by atoms with Gasteiger partial charge < -0.3 is 9.84 Å². The normalized spacial score (nSPS) is 25.9. The van der Waals surface area contributed by atoms with E-state index in [2.05, 4.69) is 5.43 Å². The lowest BCUT2D eigenvalue weighted by atomic mass is 9.49. The van der Waals surface area contributed by atoms with Crippen molar-refractivity contribution in [1.82, 2.24) is 5.01 Å². The Hall–Kier alpha value is -5.92. The van der Waals surface area contributed by atoms with E-state index in [1.807, 2.05) is 6.08 Å². The first-order valence-electron chi connectivity index (χ1n) is 17.4. The molecule has 6 atom stereocenters. The Morgan fingerprint density at radius 3 is 2.22 bits per heavy atom. The smallest absolute Gasteiger partial charge is 0.269 e. The third-order valence-electron chi connectivity index (χ3n) is 11.1. The van der Waals surface area contributed by atoms with Crippen LogP contribution in [0, 0.1) is 39.6 Å². The molecule has 4 aromatic carbocycles. The van der Waals surface area contributed by atoms with E-state index in [0.29, 0.717) is 27.6 Å². The molecule has 4 aromatic rings. The highest BCUT2D eigenvalue weighted by Crippen LogP contribution is 2.64. The van der Waals surface area contributed by atoms with Crippen LogP contribution in [0.1, 0.15) is 29.9 Å². The number of aliphatic hydroxyl groups is 1. The number of amides is 4. The molecule has 54 heavy (non-hydrogen) atoms. The van der Waals surface area contributed by atoms with Gasteiger partial charge in [0, 0.05) is 23.1 Å². The van der Waals surface area contributed by atoms with E-state index in [0.717, 1.165) is 15.5 Å². The minimum absolute atomic E-state index is 0.0448. The molecular weight excluding hydrogens is 719 g/mol. The van der Waals surface area contributed by atoms with Gasteiger partial charge >= 0.3 is 0 Å². The van der Waals surface area contributed by atoms with Gasteiger partial charge in [-0.15, -0.1) is 0 Å². The van der Waals surface area contributed by atoms with Crippen LogP contribution in [0.2, 0.25) is 5.02 Å². The predicted molar refractivity (Wildman–Crippen MR) is 194 cm³/mol. The number of carbonyl (C=O) groups is 4. The number of rotatable bonds is 9. The van der Waals surface area contributed by atoms with Crippen LogP contribution in [0.4, 0.5) is 21.5 Å². The monoisotopic (exact) mass is 750 g/mol. The maximum Gasteiger partial charge on any atom is 0.269 e. The van der Waals surface area contributed by atoms with Crippen molar-refractivity contribution >= 4 is 52.3 Å². The van der Waals surface area contributed by atoms with E-state index in [4.69, 9.17) is 16.3 Å². The number of aliphatic hydroxyl groups excluding tert-OH is 1. The predicted octanol–water partition coefficient (Wildman–Crippen LogP) is 5.95. The molecule has 2 heterocycles. The Bertz CT molecular complexity index is 2210. The van der Waals surface area contributed by atoms with Gasteiger partial charge in [0.05, 0.1) is 46.1 Å². The van der Waals surface area contributed by atoms with Gasteiger partial charge in [0.2, 0.25) is 11.8 Å². The van der Waals surface area contributed by atoms with Crippen LogP contribution in [0.15, 0.2) is 109 Å². The number of hydrazine groups is 1. The second-order valence-corrected chi connectivity index (χ2v) is 14.2. The number of fused-ring (bicyclic) bond motifs is 4. The number of imide groups is 2. The average molecular weight is 751 g/mol. The van der Waals surface area contributed by atoms with Crippen molar-refractivity contribution in [3.8, 4) is 5.75 Å². The molecule has 3 fully saturated rings. The number of anilines is 2. The van der Waals surface area contributed by atoms with Gasteiger partial charge in [-0.25, -0.2) is 4.39 Å². The molecule has 0 unspecified atom stereocenters. The van der Waals surface area contributed by atoms with Crippen molar-refractivity contribution in [1.29, 1.82) is 0 Å². The number of nitrogens with one attached hydrogen (secondary N) is 1. The van der Waals surface area contributed by atoms with E-state index in [9.17, 15) is 34.0 Å². The quantitative estimate of drug-likeness (QED) is 0.0913. The van der Waals surface area contributed by atoms with Crippen molar-refractivity contribution in [2.45, 2.75) is 24.2 Å². The van der Waals surface area contributed by atoms with Gasteiger partial charge in [-0.05, 0) is 90.6 Å². The van der Waals surface area contributed by atoms with Crippen LogP contribution < -0.4 is 15.1 Å². The highest BCUT2D eigenvalue weighted by atomic mass is 35.5. The second-order valence-electron chi connectivity index (χ2n) is 13.8. The summed E-state index contributed by atoms with van der Waals surface area (Å²) in [5.41, 5.74) is 3.57. The number of halogens is 2. The molecular formula is C40H32ClFN4O8. The van der Waals surface area contributed by atoms with Crippen molar-refractivity contribution in [2.24, 2.45) is 23.7 Å². The van der Waals surface area contributed by atoms with Gasteiger partial charge in [0.25, 0.3) is 17.5 Å². The van der Waals surface area contributed by atoms with Crippen LogP contribution in [-0.4, -0.2) is 51.9 Å². The van der Waals surface area contributed by atoms with Gasteiger partial charge in [-0.1, -0.05) is 47.5 Å². The third-order valence-corrected chi connectivity index (χ3v) is 11.4. The number of hydrogen-bond acceptors (Lipinski definition) is 9. The fraction of sp³-hybridized carbons (Fsp3) is 0.250. The summed E-state index contributed by atoms with van der Waals surface area (Å²) in [6, 6.07) is 24.2. The maximum absolute atomic E-state index is 15.2. The molecule has 2 N–H and O–H groups in total. The second kappa shape index (κ2) is 13.5. The van der Waals surface area contributed by atoms with E-state index in [-0.39, 0.29) is 37.4 Å². The van der Waals surface area contributed by atoms with E-state index in [1.54, 1.807) is 48.5 Å². The molecule has 0 aromatic heterocycles. The largest absolute Gasteiger partial charge is 0.491 e. The van der Waals surface area contributed by atoms with Crippen LogP contribution in [-0.2, 0) is 24.6 Å². The van der Waals surface area contributed by atoms with Crippen molar-refractivity contribution in [3.63, 3.8) is 0 Å². The highest BCUT2D eigenvalue weighted by Gasteiger charge is 2.70. The molecule has 2 aliphatic carbocycles. The average Bonchev–Trinajstić information content (AvgIpc) is 3.56. The molecule has 0 bridgehead atoms. The number of hydrogen-bond donors (Lipinski definition) is 2. The number of nitro benzene ring substituents is 1. The van der Waals surface area contributed by atoms with Gasteiger partial charge in [0.15, 0.2) is 0 Å². The van der Waals surface area contributed by atoms with Crippen molar-refractivity contribution in [2.75, 3.05) is 23.5 Å². The number of benzene rings is 4. The Morgan fingerprint density at radius 2 is 1.57 bits per heavy atom. The van der Waals surface area contributed by atoms with Crippen LogP contribution >= 0.6 is 11.6 Å². The number of ether oxygens (including phenoxy) is 1. The molecule has 0 radical (unpaired) electrons. The number of non-ortho nitro benzene ring substituents is 1. The van der Waals surface area contributed by atoms with E-state index >= 15 is 4.79 Å². The first-order valence-corrected chi connectivity index (χ1v) is 17.7. The van der Waals surface area contributed by atoms with E-state index < -0.39 is 69.4 Å². The minimum atomic E-state index is -1.55. The summed E-state index contributed by atoms with van der Waals surface area (Å²) in [6.07, 6.45) is 2.14. The summed E-state index contributed by atoms with van der Waals surface area (Å²) in [6.45, 7) is -0.131. The lowest BCUT2D eigenvalue weighted by Gasteiger charge is -2.50. The topological polar surface area (TPSA) is 159 Å². The zero-order chi connectivity index (χ0) is 37.9. The molecule has 4 amide bonds. The first kappa shape index (κ1) is 35.1. The summed E-state index contributed by atoms with van der Waals surface area (Å²) >= 11 is 6.35. The third kappa shape index (κ3) is 5.45. The minimum Gasteiger partial charge on any atom is -0.491 e. The van der Waals surface area contributed by atoms with Gasteiger partial charge in [-0.2, -0.15) is 5.01 Å². The first-order chi connectivity index (χ1) is 26.0. The Kier molecular flexibility index (Phi) is 8.78. The van der Waals surface area contributed by atoms with Gasteiger partial charge in [-0.3, -0.25) is 39.6 Å². The molecule has 2 saturated heterocycles. The van der Waals surface area contributed by atoms with Crippen LogP contribution in [0.5, 0.6) is 5.75 Å². The fourth-order valence-corrected chi connectivity index (χ4v) is 9.05. The highest BCUT2D eigenvalue weighted by molar-refractivity contribution is 6.30. The molecule has 274 valence electrons. The Labute approximate surface area is 312 Å². The number of allylic oxidation sites excluding steroid dienone is 2. The fourth-order valence-electron chi connectivity index (χ4n) is 8.93.